The standard InChI is InChI=1S/C15H21N3O/c1-15(2,12-19)11-16-10-13-4-6-14(7-5-13)18-9-3-8-17-18/h3-9,16,19H,10-12H2,1-2H3. The minimum Gasteiger partial charge on any atom is -0.396 e. The van der Waals surface area contributed by atoms with Gasteiger partial charge in [0.15, 0.2) is 0 Å². The number of hydrogen-bond acceptors (Lipinski definition) is 3. The van der Waals surface area contributed by atoms with Crippen molar-refractivity contribution in [3.63, 3.8) is 0 Å². The van der Waals surface area contributed by atoms with Gasteiger partial charge in [-0.25, -0.2) is 4.68 Å². The number of nitrogens with zero attached hydrogens (tertiary/aromatic N) is 2. The van der Waals surface area contributed by atoms with Crippen LogP contribution in [0.15, 0.2) is 42.7 Å². The van der Waals surface area contributed by atoms with Crippen LogP contribution in [0.25, 0.3) is 5.69 Å². The zero-order chi connectivity index (χ0) is 13.7. The van der Waals surface area contributed by atoms with Crippen LogP contribution < -0.4 is 5.32 Å². The van der Waals surface area contributed by atoms with Crippen LogP contribution in [-0.2, 0) is 6.54 Å². The Hall–Kier alpha value is -1.65. The molecule has 0 saturated carbocycles. The third-order valence-electron chi connectivity index (χ3n) is 3.07. The average Bonchev–Trinajstić information content (AvgIpc) is 2.93. The molecule has 4 nitrogen and oxygen atoms in total. The van der Waals surface area contributed by atoms with Crippen molar-refractivity contribution < 1.29 is 5.11 Å². The lowest BCUT2D eigenvalue weighted by Gasteiger charge is -2.21. The van der Waals surface area contributed by atoms with E-state index >= 15 is 0 Å². The van der Waals surface area contributed by atoms with Crippen molar-refractivity contribution in [2.45, 2.75) is 20.4 Å². The van der Waals surface area contributed by atoms with E-state index in [2.05, 4.69) is 34.7 Å². The fraction of sp³-hybridized carbons (Fsp3) is 0.400. The predicted octanol–water partition coefficient (Wildman–Crippen LogP) is 1.98. The maximum absolute atomic E-state index is 9.18. The first-order valence-corrected chi connectivity index (χ1v) is 6.51. The Morgan fingerprint density at radius 1 is 1.26 bits per heavy atom. The Morgan fingerprint density at radius 3 is 2.58 bits per heavy atom. The number of aromatic nitrogens is 2. The van der Waals surface area contributed by atoms with Gasteiger partial charge in [0.1, 0.15) is 0 Å². The van der Waals surface area contributed by atoms with Gasteiger partial charge in [0, 0.05) is 37.5 Å². The van der Waals surface area contributed by atoms with Crippen molar-refractivity contribution in [3.8, 4) is 5.69 Å². The molecule has 0 atom stereocenters. The topological polar surface area (TPSA) is 50.1 Å². The van der Waals surface area contributed by atoms with Crippen LogP contribution in [0.1, 0.15) is 19.4 Å². The highest BCUT2D eigenvalue weighted by atomic mass is 16.3. The summed E-state index contributed by atoms with van der Waals surface area (Å²) in [6.07, 6.45) is 3.70. The van der Waals surface area contributed by atoms with Crippen molar-refractivity contribution in [1.29, 1.82) is 0 Å². The summed E-state index contributed by atoms with van der Waals surface area (Å²) < 4.78 is 1.84. The summed E-state index contributed by atoms with van der Waals surface area (Å²) >= 11 is 0. The smallest absolute Gasteiger partial charge is 0.0645 e. The zero-order valence-electron chi connectivity index (χ0n) is 11.5. The molecular formula is C15H21N3O. The van der Waals surface area contributed by atoms with Crippen molar-refractivity contribution >= 4 is 0 Å². The molecule has 102 valence electrons. The highest BCUT2D eigenvalue weighted by Crippen LogP contribution is 2.12. The predicted molar refractivity (Wildman–Crippen MR) is 76.1 cm³/mol. The number of benzene rings is 1. The van der Waals surface area contributed by atoms with Crippen molar-refractivity contribution in [2.75, 3.05) is 13.2 Å². The van der Waals surface area contributed by atoms with Crippen molar-refractivity contribution in [3.05, 3.63) is 48.3 Å². The number of hydrogen-bond donors (Lipinski definition) is 2. The van der Waals surface area contributed by atoms with Gasteiger partial charge in [0.25, 0.3) is 0 Å². The molecule has 0 fully saturated rings. The van der Waals surface area contributed by atoms with Gasteiger partial charge in [0.2, 0.25) is 0 Å². The van der Waals surface area contributed by atoms with Gasteiger partial charge in [-0.2, -0.15) is 5.10 Å². The van der Waals surface area contributed by atoms with Gasteiger partial charge in [-0.1, -0.05) is 26.0 Å². The summed E-state index contributed by atoms with van der Waals surface area (Å²) in [4.78, 5) is 0. The van der Waals surface area contributed by atoms with Gasteiger partial charge in [-0.05, 0) is 23.8 Å². The van der Waals surface area contributed by atoms with E-state index in [-0.39, 0.29) is 12.0 Å². The Bertz CT molecular complexity index is 489. The molecule has 0 unspecified atom stereocenters. The van der Waals surface area contributed by atoms with E-state index in [4.69, 9.17) is 0 Å². The summed E-state index contributed by atoms with van der Waals surface area (Å²) in [7, 11) is 0. The Balaban J connectivity index is 1.89. The minimum absolute atomic E-state index is 0.0744. The molecule has 0 aliphatic heterocycles. The van der Waals surface area contributed by atoms with Gasteiger partial charge in [-0.3, -0.25) is 0 Å². The summed E-state index contributed by atoms with van der Waals surface area (Å²) in [5.74, 6) is 0. The monoisotopic (exact) mass is 259 g/mol. The lowest BCUT2D eigenvalue weighted by atomic mass is 9.95. The van der Waals surface area contributed by atoms with Crippen LogP contribution in [0.4, 0.5) is 0 Å². The van der Waals surface area contributed by atoms with Crippen molar-refractivity contribution in [1.82, 2.24) is 15.1 Å². The summed E-state index contributed by atoms with van der Waals surface area (Å²) in [6, 6.07) is 10.2. The molecule has 0 spiro atoms. The van der Waals surface area contributed by atoms with Gasteiger partial charge in [-0.15, -0.1) is 0 Å². The molecule has 0 bridgehead atoms. The first-order chi connectivity index (χ1) is 9.11. The maximum Gasteiger partial charge on any atom is 0.0645 e. The molecule has 0 aliphatic carbocycles. The number of nitrogens with one attached hydrogen (secondary N) is 1. The molecule has 1 aromatic heterocycles. The Labute approximate surface area is 114 Å². The second-order valence-corrected chi connectivity index (χ2v) is 5.54. The quantitative estimate of drug-likeness (QED) is 0.834. The van der Waals surface area contributed by atoms with Crippen LogP contribution in [0.3, 0.4) is 0 Å². The summed E-state index contributed by atoms with van der Waals surface area (Å²) in [6.45, 7) is 5.88. The fourth-order valence-electron chi connectivity index (χ4n) is 1.79. The molecule has 0 radical (unpaired) electrons. The average molecular weight is 259 g/mol. The summed E-state index contributed by atoms with van der Waals surface area (Å²) in [5.41, 5.74) is 2.21. The molecule has 2 aromatic rings. The van der Waals surface area contributed by atoms with E-state index in [1.165, 1.54) is 5.56 Å². The van der Waals surface area contributed by atoms with Crippen LogP contribution in [0.5, 0.6) is 0 Å². The molecule has 2 N–H and O–H groups in total. The van der Waals surface area contributed by atoms with Gasteiger partial charge < -0.3 is 10.4 Å². The SMILES string of the molecule is CC(C)(CO)CNCc1ccc(-n2cccn2)cc1. The first kappa shape index (κ1) is 13.8. The molecule has 1 heterocycles. The van der Waals surface area contributed by atoms with E-state index in [0.717, 1.165) is 18.8 Å². The molecule has 0 aliphatic rings. The maximum atomic E-state index is 9.18. The Kier molecular flexibility index (Phi) is 4.35. The number of rotatable bonds is 6. The minimum atomic E-state index is -0.0744. The van der Waals surface area contributed by atoms with E-state index in [1.807, 2.05) is 30.8 Å². The third kappa shape index (κ3) is 3.91. The van der Waals surface area contributed by atoms with Gasteiger partial charge in [0.05, 0.1) is 5.69 Å². The van der Waals surface area contributed by atoms with Gasteiger partial charge >= 0.3 is 0 Å². The van der Waals surface area contributed by atoms with E-state index in [0.29, 0.717) is 0 Å². The first-order valence-electron chi connectivity index (χ1n) is 6.51. The second-order valence-electron chi connectivity index (χ2n) is 5.54. The molecular weight excluding hydrogens is 238 g/mol. The highest BCUT2D eigenvalue weighted by Gasteiger charge is 2.15. The molecule has 2 rings (SSSR count). The van der Waals surface area contributed by atoms with Crippen molar-refractivity contribution in [2.24, 2.45) is 5.41 Å². The molecule has 1 aromatic carbocycles. The third-order valence-corrected chi connectivity index (χ3v) is 3.07. The highest BCUT2D eigenvalue weighted by molar-refractivity contribution is 5.33. The molecule has 4 heteroatoms. The molecule has 19 heavy (non-hydrogen) atoms. The van der Waals surface area contributed by atoms with Crippen LogP contribution in [0, 0.1) is 5.41 Å². The van der Waals surface area contributed by atoms with E-state index in [9.17, 15) is 5.11 Å². The van der Waals surface area contributed by atoms with E-state index < -0.39 is 0 Å². The summed E-state index contributed by atoms with van der Waals surface area (Å²) in [5, 5.41) is 16.7. The molecule has 0 saturated heterocycles. The fourth-order valence-corrected chi connectivity index (χ4v) is 1.79. The second kappa shape index (κ2) is 5.99. The number of aliphatic hydroxyl groups excluding tert-OH is 1. The largest absolute Gasteiger partial charge is 0.396 e. The zero-order valence-corrected chi connectivity index (χ0v) is 11.5. The van der Waals surface area contributed by atoms with Crippen LogP contribution in [0.2, 0.25) is 0 Å². The normalized spacial score (nSPS) is 11.7. The Morgan fingerprint density at radius 2 is 2.00 bits per heavy atom. The van der Waals surface area contributed by atoms with Crippen LogP contribution >= 0.6 is 0 Å². The number of aliphatic hydroxyl groups is 1. The lowest BCUT2D eigenvalue weighted by Crippen LogP contribution is -2.31. The van der Waals surface area contributed by atoms with E-state index in [1.54, 1.807) is 6.20 Å². The molecule has 0 amide bonds. The van der Waals surface area contributed by atoms with Crippen LogP contribution in [-0.4, -0.2) is 28.0 Å². The lowest BCUT2D eigenvalue weighted by molar-refractivity contribution is 0.156.